The number of hydrogen-bond acceptors (Lipinski definition) is 6. The molecule has 7 nitrogen and oxygen atoms in total. The smallest absolute Gasteiger partial charge is 0.275 e. The average Bonchev–Trinajstić information content (AvgIpc) is 2.71. The van der Waals surface area contributed by atoms with Crippen molar-refractivity contribution in [2.75, 3.05) is 30.9 Å². The first-order valence-electron chi connectivity index (χ1n) is 9.26. The number of hydrogen-bond donors (Lipinski definition) is 2. The summed E-state index contributed by atoms with van der Waals surface area (Å²) >= 11 is 0. The Hall–Kier alpha value is -3.61. The van der Waals surface area contributed by atoms with Crippen molar-refractivity contribution < 1.29 is 14.3 Å². The second-order valence-corrected chi connectivity index (χ2v) is 6.57. The Kier molecular flexibility index (Phi) is 6.63. The number of nitrogens with zero attached hydrogens (tertiary/aromatic N) is 2. The molecule has 2 N–H and O–H groups in total. The minimum absolute atomic E-state index is 0.254. The fraction of sp³-hybridized carbons (Fsp3) is 0.227. The number of aromatic nitrogens is 2. The molecule has 1 aromatic heterocycles. The molecule has 3 rings (SSSR count). The first-order chi connectivity index (χ1) is 14.0. The van der Waals surface area contributed by atoms with Crippen LogP contribution in [0.5, 0.6) is 11.5 Å². The van der Waals surface area contributed by atoms with E-state index in [4.69, 9.17) is 9.47 Å². The molecule has 0 atom stereocenters. The highest BCUT2D eigenvalue weighted by Gasteiger charge is 2.09. The van der Waals surface area contributed by atoms with Gasteiger partial charge in [0.05, 0.1) is 26.0 Å². The molecule has 0 aliphatic rings. The van der Waals surface area contributed by atoms with Gasteiger partial charge in [0.15, 0.2) is 0 Å². The minimum Gasteiger partial charge on any atom is -0.497 e. The number of aryl methyl sites for hydroxylation is 2. The number of amides is 1. The van der Waals surface area contributed by atoms with E-state index in [-0.39, 0.29) is 11.6 Å². The van der Waals surface area contributed by atoms with E-state index in [1.54, 1.807) is 7.11 Å². The normalized spacial score (nSPS) is 10.3. The number of benzene rings is 2. The van der Waals surface area contributed by atoms with Crippen LogP contribution in [0.3, 0.4) is 0 Å². The van der Waals surface area contributed by atoms with Gasteiger partial charge in [-0.2, -0.15) is 0 Å². The van der Waals surface area contributed by atoms with Gasteiger partial charge in [-0.15, -0.1) is 0 Å². The molecule has 0 saturated heterocycles. The van der Waals surface area contributed by atoms with E-state index in [1.165, 1.54) is 12.4 Å². The van der Waals surface area contributed by atoms with E-state index >= 15 is 0 Å². The number of rotatable bonds is 8. The lowest BCUT2D eigenvalue weighted by Crippen LogP contribution is -2.16. The molecule has 0 aliphatic heterocycles. The van der Waals surface area contributed by atoms with Crippen LogP contribution in [0.25, 0.3) is 0 Å². The van der Waals surface area contributed by atoms with Crippen LogP contribution in [-0.2, 0) is 0 Å². The maximum Gasteiger partial charge on any atom is 0.275 e. The lowest BCUT2D eigenvalue weighted by molar-refractivity contribution is 0.102. The summed E-state index contributed by atoms with van der Waals surface area (Å²) in [4.78, 5) is 20.8. The van der Waals surface area contributed by atoms with Crippen molar-refractivity contribution in [3.63, 3.8) is 0 Å². The van der Waals surface area contributed by atoms with Gasteiger partial charge in [-0.05, 0) is 61.4 Å². The van der Waals surface area contributed by atoms with Crippen LogP contribution in [0.4, 0.5) is 11.5 Å². The van der Waals surface area contributed by atoms with E-state index < -0.39 is 0 Å². The highest BCUT2D eigenvalue weighted by molar-refractivity contribution is 6.02. The summed E-state index contributed by atoms with van der Waals surface area (Å²) in [6.45, 7) is 4.99. The summed E-state index contributed by atoms with van der Waals surface area (Å²) in [5.74, 6) is 1.83. The molecule has 2 aromatic carbocycles. The van der Waals surface area contributed by atoms with Gasteiger partial charge in [-0.3, -0.25) is 4.79 Å². The standard InChI is InChI=1S/C22H24N4O3/c1-15-10-16(2)12-17(11-15)26-22(27)20-13-25-21(14-24-20)23-8-9-29-19-6-4-18(28-3)5-7-19/h4-7,10-14H,8-9H2,1-3H3,(H,23,25)(H,26,27). The number of anilines is 2. The van der Waals surface area contributed by atoms with Crippen molar-refractivity contribution in [2.24, 2.45) is 0 Å². The summed E-state index contributed by atoms with van der Waals surface area (Å²) in [6.07, 6.45) is 2.98. The second-order valence-electron chi connectivity index (χ2n) is 6.57. The van der Waals surface area contributed by atoms with Gasteiger partial charge >= 0.3 is 0 Å². The Morgan fingerprint density at radius 2 is 1.66 bits per heavy atom. The first-order valence-corrected chi connectivity index (χ1v) is 9.26. The monoisotopic (exact) mass is 392 g/mol. The van der Waals surface area contributed by atoms with E-state index in [9.17, 15) is 4.79 Å². The lowest BCUT2D eigenvalue weighted by atomic mass is 10.1. The second kappa shape index (κ2) is 9.54. The van der Waals surface area contributed by atoms with Crippen LogP contribution in [0.1, 0.15) is 21.6 Å². The van der Waals surface area contributed by atoms with E-state index in [0.29, 0.717) is 19.0 Å². The van der Waals surface area contributed by atoms with Crippen molar-refractivity contribution in [3.05, 3.63) is 71.7 Å². The Morgan fingerprint density at radius 3 is 2.28 bits per heavy atom. The average molecular weight is 392 g/mol. The fourth-order valence-corrected chi connectivity index (χ4v) is 2.80. The molecule has 0 spiro atoms. The summed E-state index contributed by atoms with van der Waals surface area (Å²) in [7, 11) is 1.62. The summed E-state index contributed by atoms with van der Waals surface area (Å²) in [5, 5.41) is 5.96. The van der Waals surface area contributed by atoms with Crippen LogP contribution < -0.4 is 20.1 Å². The topological polar surface area (TPSA) is 85.4 Å². The maximum atomic E-state index is 12.3. The molecule has 29 heavy (non-hydrogen) atoms. The van der Waals surface area contributed by atoms with Crippen molar-refractivity contribution in [2.45, 2.75) is 13.8 Å². The molecular formula is C22H24N4O3. The zero-order chi connectivity index (χ0) is 20.6. The summed E-state index contributed by atoms with van der Waals surface area (Å²) in [6, 6.07) is 13.3. The number of carbonyl (C=O) groups is 1. The molecule has 3 aromatic rings. The van der Waals surface area contributed by atoms with E-state index in [0.717, 1.165) is 28.3 Å². The van der Waals surface area contributed by atoms with Crippen LogP contribution in [0.15, 0.2) is 54.9 Å². The van der Waals surface area contributed by atoms with Gasteiger partial charge in [0.2, 0.25) is 0 Å². The van der Waals surface area contributed by atoms with Crippen LogP contribution >= 0.6 is 0 Å². The molecule has 0 fully saturated rings. The van der Waals surface area contributed by atoms with Crippen molar-refractivity contribution in [3.8, 4) is 11.5 Å². The molecule has 1 heterocycles. The molecule has 0 saturated carbocycles. The number of carbonyl (C=O) groups excluding carboxylic acids is 1. The number of methoxy groups -OCH3 is 1. The maximum absolute atomic E-state index is 12.3. The van der Waals surface area contributed by atoms with Gasteiger partial charge in [-0.25, -0.2) is 9.97 Å². The van der Waals surface area contributed by atoms with Crippen LogP contribution in [-0.4, -0.2) is 36.1 Å². The molecule has 0 aliphatic carbocycles. The molecular weight excluding hydrogens is 368 g/mol. The zero-order valence-electron chi connectivity index (χ0n) is 16.7. The van der Waals surface area contributed by atoms with Gasteiger partial charge in [0.1, 0.15) is 29.6 Å². The number of ether oxygens (including phenoxy) is 2. The third-order valence-corrected chi connectivity index (χ3v) is 4.10. The van der Waals surface area contributed by atoms with Gasteiger partial charge in [0.25, 0.3) is 5.91 Å². The molecule has 1 amide bonds. The SMILES string of the molecule is COc1ccc(OCCNc2cnc(C(=O)Nc3cc(C)cc(C)c3)cn2)cc1. The molecule has 0 unspecified atom stereocenters. The lowest BCUT2D eigenvalue weighted by Gasteiger charge is -2.09. The Morgan fingerprint density at radius 1 is 0.966 bits per heavy atom. The van der Waals surface area contributed by atoms with Crippen molar-refractivity contribution in [1.82, 2.24) is 9.97 Å². The van der Waals surface area contributed by atoms with E-state index in [2.05, 4.69) is 20.6 Å². The third-order valence-electron chi connectivity index (χ3n) is 4.10. The summed E-state index contributed by atoms with van der Waals surface area (Å²) in [5.41, 5.74) is 3.17. The summed E-state index contributed by atoms with van der Waals surface area (Å²) < 4.78 is 10.8. The minimum atomic E-state index is -0.295. The van der Waals surface area contributed by atoms with Crippen LogP contribution in [0, 0.1) is 13.8 Å². The third kappa shape index (κ3) is 5.93. The van der Waals surface area contributed by atoms with E-state index in [1.807, 2.05) is 56.3 Å². The molecule has 7 heteroatoms. The molecule has 150 valence electrons. The quantitative estimate of drug-likeness (QED) is 0.567. The van der Waals surface area contributed by atoms with Gasteiger partial charge in [0, 0.05) is 5.69 Å². The Bertz CT molecular complexity index is 937. The fourth-order valence-electron chi connectivity index (χ4n) is 2.80. The van der Waals surface area contributed by atoms with Crippen molar-refractivity contribution in [1.29, 1.82) is 0 Å². The largest absolute Gasteiger partial charge is 0.497 e. The predicted molar refractivity (Wildman–Crippen MR) is 113 cm³/mol. The predicted octanol–water partition coefficient (Wildman–Crippen LogP) is 3.85. The van der Waals surface area contributed by atoms with Crippen molar-refractivity contribution >= 4 is 17.4 Å². The molecule has 0 radical (unpaired) electrons. The Labute approximate surface area is 170 Å². The first kappa shape index (κ1) is 20.1. The van der Waals surface area contributed by atoms with Gasteiger partial charge < -0.3 is 20.1 Å². The Balaban J connectivity index is 1.47. The highest BCUT2D eigenvalue weighted by Crippen LogP contribution is 2.17. The van der Waals surface area contributed by atoms with Gasteiger partial charge in [-0.1, -0.05) is 6.07 Å². The number of nitrogens with one attached hydrogen (secondary N) is 2. The highest BCUT2D eigenvalue weighted by atomic mass is 16.5. The molecule has 0 bridgehead atoms. The zero-order valence-corrected chi connectivity index (χ0v) is 16.7. The van der Waals surface area contributed by atoms with Crippen LogP contribution in [0.2, 0.25) is 0 Å².